The van der Waals surface area contributed by atoms with Crippen molar-refractivity contribution in [3.05, 3.63) is 83.1 Å². The molecule has 5 rings (SSSR count). The fourth-order valence-corrected chi connectivity index (χ4v) is 4.14. The molecule has 0 saturated carbocycles. The number of carbonyl (C=O) groups is 2. The third-order valence-electron chi connectivity index (χ3n) is 5.99. The maximum atomic E-state index is 12.8. The van der Waals surface area contributed by atoms with Crippen molar-refractivity contribution < 1.29 is 18.7 Å². The average molecular weight is 428 g/mol. The Morgan fingerprint density at radius 3 is 2.47 bits per heavy atom. The van der Waals surface area contributed by atoms with Gasteiger partial charge in [-0.25, -0.2) is 0 Å². The van der Waals surface area contributed by atoms with Crippen molar-refractivity contribution in [3.8, 4) is 0 Å². The number of nitrogens with one attached hydrogen (secondary N) is 1. The van der Waals surface area contributed by atoms with Gasteiger partial charge in [-0.05, 0) is 30.0 Å². The summed E-state index contributed by atoms with van der Waals surface area (Å²) in [7, 11) is 0. The van der Waals surface area contributed by atoms with Gasteiger partial charge >= 0.3 is 0 Å². The van der Waals surface area contributed by atoms with Crippen LogP contribution >= 0.6 is 0 Å². The molecule has 0 aliphatic carbocycles. The second-order valence-corrected chi connectivity index (χ2v) is 8.00. The van der Waals surface area contributed by atoms with Crippen LogP contribution in [0.3, 0.4) is 0 Å². The topological polar surface area (TPSA) is 71.8 Å². The molecule has 2 amide bonds. The number of hydrogen-bond donors (Lipinski definition) is 1. The Balaban J connectivity index is 1.29. The van der Waals surface area contributed by atoms with Crippen LogP contribution in [0.1, 0.15) is 32.0 Å². The second kappa shape index (κ2) is 8.48. The summed E-state index contributed by atoms with van der Waals surface area (Å²) in [6, 6.07) is 19.4. The quantitative estimate of drug-likeness (QED) is 0.526. The Hall–Kier alpha value is -3.64. The monoisotopic (exact) mass is 428 g/mol. The third-order valence-corrected chi connectivity index (χ3v) is 5.99. The Bertz CT molecular complexity index is 1300. The first kappa shape index (κ1) is 20.3. The molecule has 2 heterocycles. The smallest absolute Gasteiger partial charge is 0.287 e. The van der Waals surface area contributed by atoms with Gasteiger partial charge in [-0.15, -0.1) is 0 Å². The van der Waals surface area contributed by atoms with Gasteiger partial charge in [-0.1, -0.05) is 48.5 Å². The molecule has 0 unspecified atom stereocenters. The van der Waals surface area contributed by atoms with E-state index in [0.717, 1.165) is 32.9 Å². The van der Waals surface area contributed by atoms with Crippen molar-refractivity contribution >= 4 is 33.6 Å². The van der Waals surface area contributed by atoms with E-state index in [1.807, 2.05) is 55.5 Å². The predicted molar refractivity (Wildman–Crippen MR) is 123 cm³/mol. The van der Waals surface area contributed by atoms with Crippen LogP contribution in [0.4, 0.5) is 0 Å². The molecule has 1 saturated heterocycles. The summed E-state index contributed by atoms with van der Waals surface area (Å²) in [6.07, 6.45) is 0. The number of nitrogens with zero attached hydrogens (tertiary/aromatic N) is 1. The number of morpholine rings is 1. The van der Waals surface area contributed by atoms with Gasteiger partial charge in [0.05, 0.1) is 13.2 Å². The number of carbonyl (C=O) groups excluding carboxylic acids is 2. The SMILES string of the molecule is Cc1c(C(=O)NCc2ccc(C(=O)N3CCOCC3)cc2)oc2c1ccc1ccccc12. The highest BCUT2D eigenvalue weighted by atomic mass is 16.5. The number of ether oxygens (including phenoxy) is 1. The summed E-state index contributed by atoms with van der Waals surface area (Å²) in [5.74, 6) is 0.0840. The molecule has 1 N–H and O–H groups in total. The lowest BCUT2D eigenvalue weighted by Crippen LogP contribution is -2.40. The highest BCUT2D eigenvalue weighted by Gasteiger charge is 2.20. The normalized spacial score (nSPS) is 14.1. The molecular formula is C26H24N2O4. The molecule has 6 heteroatoms. The summed E-state index contributed by atoms with van der Waals surface area (Å²) in [4.78, 5) is 27.2. The minimum atomic E-state index is -0.253. The molecule has 4 aromatic rings. The lowest BCUT2D eigenvalue weighted by atomic mass is 10.1. The minimum Gasteiger partial charge on any atom is -0.450 e. The first-order valence-corrected chi connectivity index (χ1v) is 10.8. The fourth-order valence-electron chi connectivity index (χ4n) is 4.14. The minimum absolute atomic E-state index is 0.00834. The summed E-state index contributed by atoms with van der Waals surface area (Å²) in [5.41, 5.74) is 3.12. The Morgan fingerprint density at radius 2 is 1.69 bits per heavy atom. The molecule has 1 aliphatic heterocycles. The van der Waals surface area contributed by atoms with Crippen LogP contribution in [0.15, 0.2) is 65.1 Å². The highest BCUT2D eigenvalue weighted by Crippen LogP contribution is 2.31. The van der Waals surface area contributed by atoms with E-state index < -0.39 is 0 Å². The van der Waals surface area contributed by atoms with Crippen molar-refractivity contribution in [3.63, 3.8) is 0 Å². The molecule has 1 fully saturated rings. The number of fused-ring (bicyclic) bond motifs is 3. The Labute approximate surface area is 185 Å². The fraction of sp³-hybridized carbons (Fsp3) is 0.231. The molecule has 1 aromatic heterocycles. The van der Waals surface area contributed by atoms with Crippen molar-refractivity contribution in [2.45, 2.75) is 13.5 Å². The molecule has 1 aliphatic rings. The van der Waals surface area contributed by atoms with Crippen molar-refractivity contribution in [1.29, 1.82) is 0 Å². The van der Waals surface area contributed by atoms with E-state index in [1.165, 1.54) is 0 Å². The number of amides is 2. The number of aryl methyl sites for hydroxylation is 1. The molecule has 3 aromatic carbocycles. The second-order valence-electron chi connectivity index (χ2n) is 8.00. The first-order valence-electron chi connectivity index (χ1n) is 10.8. The van der Waals surface area contributed by atoms with Crippen LogP contribution in [-0.4, -0.2) is 43.0 Å². The zero-order valence-electron chi connectivity index (χ0n) is 17.9. The molecule has 0 atom stereocenters. The van der Waals surface area contributed by atoms with Crippen molar-refractivity contribution in [1.82, 2.24) is 10.2 Å². The molecule has 0 radical (unpaired) electrons. The molecular weight excluding hydrogens is 404 g/mol. The molecule has 162 valence electrons. The highest BCUT2D eigenvalue weighted by molar-refractivity contribution is 6.08. The van der Waals surface area contributed by atoms with Crippen LogP contribution in [-0.2, 0) is 11.3 Å². The molecule has 0 bridgehead atoms. The van der Waals surface area contributed by atoms with Crippen LogP contribution in [0.2, 0.25) is 0 Å². The third kappa shape index (κ3) is 3.74. The van der Waals surface area contributed by atoms with Crippen LogP contribution < -0.4 is 5.32 Å². The Morgan fingerprint density at radius 1 is 0.938 bits per heavy atom. The predicted octanol–water partition coefficient (Wildman–Crippen LogP) is 4.30. The Kier molecular flexibility index (Phi) is 5.37. The van der Waals surface area contributed by atoms with Gasteiger partial charge in [0.2, 0.25) is 0 Å². The zero-order valence-corrected chi connectivity index (χ0v) is 17.9. The van der Waals surface area contributed by atoms with Crippen molar-refractivity contribution in [2.75, 3.05) is 26.3 Å². The van der Waals surface area contributed by atoms with Gasteiger partial charge < -0.3 is 19.4 Å². The van der Waals surface area contributed by atoms with Gasteiger partial charge in [-0.3, -0.25) is 9.59 Å². The van der Waals surface area contributed by atoms with Crippen LogP contribution in [0.25, 0.3) is 21.7 Å². The van der Waals surface area contributed by atoms with Gasteiger partial charge in [0.15, 0.2) is 5.76 Å². The average Bonchev–Trinajstić information content (AvgIpc) is 3.20. The number of rotatable bonds is 4. The molecule has 0 spiro atoms. The van der Waals surface area contributed by atoms with E-state index in [-0.39, 0.29) is 11.8 Å². The van der Waals surface area contributed by atoms with E-state index in [4.69, 9.17) is 9.15 Å². The van der Waals surface area contributed by atoms with Gasteiger partial charge in [-0.2, -0.15) is 0 Å². The molecule has 6 nitrogen and oxygen atoms in total. The summed E-state index contributed by atoms with van der Waals surface area (Å²) < 4.78 is 11.3. The number of benzene rings is 3. The van der Waals surface area contributed by atoms with Gasteiger partial charge in [0, 0.05) is 41.5 Å². The van der Waals surface area contributed by atoms with E-state index in [9.17, 15) is 9.59 Å². The van der Waals surface area contributed by atoms with E-state index in [1.54, 1.807) is 17.0 Å². The van der Waals surface area contributed by atoms with Gasteiger partial charge in [0.1, 0.15) is 5.58 Å². The summed E-state index contributed by atoms with van der Waals surface area (Å²) >= 11 is 0. The van der Waals surface area contributed by atoms with Crippen LogP contribution in [0.5, 0.6) is 0 Å². The number of furan rings is 1. The summed E-state index contributed by atoms with van der Waals surface area (Å²) in [6.45, 7) is 4.63. The largest absolute Gasteiger partial charge is 0.450 e. The van der Waals surface area contributed by atoms with E-state index in [0.29, 0.717) is 44.2 Å². The van der Waals surface area contributed by atoms with Crippen molar-refractivity contribution in [2.24, 2.45) is 0 Å². The lowest BCUT2D eigenvalue weighted by molar-refractivity contribution is 0.0303. The van der Waals surface area contributed by atoms with Crippen LogP contribution in [0, 0.1) is 6.92 Å². The summed E-state index contributed by atoms with van der Waals surface area (Å²) in [5, 5.41) is 5.95. The zero-order chi connectivity index (χ0) is 22.1. The maximum absolute atomic E-state index is 12.8. The standard InChI is InChI=1S/C26H24N2O4/c1-17-21-11-10-19-4-2-3-5-22(19)24(21)32-23(17)25(29)27-16-18-6-8-20(9-7-18)26(30)28-12-14-31-15-13-28/h2-11H,12-16H2,1H3,(H,27,29). The molecule has 32 heavy (non-hydrogen) atoms. The van der Waals surface area contributed by atoms with E-state index >= 15 is 0 Å². The lowest BCUT2D eigenvalue weighted by Gasteiger charge is -2.26. The van der Waals surface area contributed by atoms with E-state index in [2.05, 4.69) is 5.32 Å². The first-order chi connectivity index (χ1) is 15.6. The number of hydrogen-bond acceptors (Lipinski definition) is 4. The maximum Gasteiger partial charge on any atom is 0.287 e. The van der Waals surface area contributed by atoms with Gasteiger partial charge in [0.25, 0.3) is 11.8 Å².